The van der Waals surface area contributed by atoms with Crippen LogP contribution in [0.5, 0.6) is 5.75 Å². The number of hydrogen-bond donors (Lipinski definition) is 0. The molecule has 1 fully saturated rings. The summed E-state index contributed by atoms with van der Waals surface area (Å²) in [6, 6.07) is 15.9. The molecule has 0 bridgehead atoms. The van der Waals surface area contributed by atoms with E-state index in [-0.39, 0.29) is 5.91 Å². The molecule has 30 heavy (non-hydrogen) atoms. The molecule has 1 saturated heterocycles. The van der Waals surface area contributed by atoms with Crippen LogP contribution in [0.1, 0.15) is 32.2 Å². The minimum atomic E-state index is 0.0900. The first kappa shape index (κ1) is 20.6. The van der Waals surface area contributed by atoms with Gasteiger partial charge in [-0.25, -0.2) is 4.98 Å². The van der Waals surface area contributed by atoms with Crippen molar-refractivity contribution in [2.24, 2.45) is 0 Å². The first-order valence-corrected chi connectivity index (χ1v) is 11.2. The van der Waals surface area contributed by atoms with Crippen LogP contribution in [0.15, 0.2) is 53.9 Å². The summed E-state index contributed by atoms with van der Waals surface area (Å²) in [7, 11) is 0. The Morgan fingerprint density at radius 3 is 2.43 bits per heavy atom. The van der Waals surface area contributed by atoms with Crippen LogP contribution >= 0.6 is 11.3 Å². The molecule has 5 nitrogen and oxygen atoms in total. The van der Waals surface area contributed by atoms with Gasteiger partial charge in [-0.15, -0.1) is 11.3 Å². The highest BCUT2D eigenvalue weighted by Gasteiger charge is 2.22. The minimum absolute atomic E-state index is 0.0900. The van der Waals surface area contributed by atoms with Crippen molar-refractivity contribution in [2.75, 3.05) is 26.2 Å². The van der Waals surface area contributed by atoms with E-state index in [1.165, 1.54) is 11.1 Å². The van der Waals surface area contributed by atoms with E-state index >= 15 is 0 Å². The fraction of sp³-hybridized carbons (Fsp3) is 0.333. The summed E-state index contributed by atoms with van der Waals surface area (Å²) in [4.78, 5) is 21.6. The zero-order valence-electron chi connectivity index (χ0n) is 17.5. The zero-order valence-corrected chi connectivity index (χ0v) is 18.3. The molecular formula is C24H27N3O2S. The molecule has 1 amide bonds. The highest BCUT2D eigenvalue weighted by molar-refractivity contribution is 7.09. The van der Waals surface area contributed by atoms with Gasteiger partial charge in [0.25, 0.3) is 5.91 Å². The fourth-order valence-electron chi connectivity index (χ4n) is 3.65. The van der Waals surface area contributed by atoms with Crippen LogP contribution in [0.25, 0.3) is 0 Å². The van der Waals surface area contributed by atoms with Gasteiger partial charge in [-0.2, -0.15) is 0 Å². The van der Waals surface area contributed by atoms with E-state index in [0.717, 1.165) is 49.2 Å². The van der Waals surface area contributed by atoms with Crippen molar-refractivity contribution in [1.82, 2.24) is 14.8 Å². The third-order valence-corrected chi connectivity index (χ3v) is 6.29. The molecule has 156 valence electrons. The van der Waals surface area contributed by atoms with Gasteiger partial charge in [0.2, 0.25) is 0 Å². The lowest BCUT2D eigenvalue weighted by atomic mass is 10.1. The SMILES string of the molecule is Cc1nc(COc2ccc(C(=O)N3CCN(Cc4ccccc4C)CC3)cc2)cs1. The number of carbonyl (C=O) groups is 1. The highest BCUT2D eigenvalue weighted by Crippen LogP contribution is 2.18. The van der Waals surface area contributed by atoms with Crippen LogP contribution in [-0.4, -0.2) is 46.9 Å². The van der Waals surface area contributed by atoms with Crippen LogP contribution in [0.2, 0.25) is 0 Å². The number of ether oxygens (including phenoxy) is 1. The topological polar surface area (TPSA) is 45.7 Å². The van der Waals surface area contributed by atoms with Gasteiger partial charge >= 0.3 is 0 Å². The Morgan fingerprint density at radius 2 is 1.77 bits per heavy atom. The smallest absolute Gasteiger partial charge is 0.253 e. The molecule has 0 radical (unpaired) electrons. The molecule has 3 aromatic rings. The van der Waals surface area contributed by atoms with Crippen molar-refractivity contribution >= 4 is 17.2 Å². The van der Waals surface area contributed by atoms with Crippen molar-refractivity contribution in [3.63, 3.8) is 0 Å². The van der Waals surface area contributed by atoms with Crippen LogP contribution in [0.4, 0.5) is 0 Å². The molecular weight excluding hydrogens is 394 g/mol. The molecule has 0 saturated carbocycles. The Labute approximate surface area is 181 Å². The summed E-state index contributed by atoms with van der Waals surface area (Å²) >= 11 is 1.62. The van der Waals surface area contributed by atoms with E-state index in [1.54, 1.807) is 11.3 Å². The van der Waals surface area contributed by atoms with Crippen LogP contribution in [-0.2, 0) is 13.2 Å². The Hall–Kier alpha value is -2.70. The van der Waals surface area contributed by atoms with E-state index in [9.17, 15) is 4.79 Å². The van der Waals surface area contributed by atoms with Gasteiger partial charge in [0, 0.05) is 43.7 Å². The monoisotopic (exact) mass is 421 g/mol. The van der Waals surface area contributed by atoms with Gasteiger partial charge < -0.3 is 9.64 Å². The summed E-state index contributed by atoms with van der Waals surface area (Å²) in [6.45, 7) is 8.83. The minimum Gasteiger partial charge on any atom is -0.487 e. The lowest BCUT2D eigenvalue weighted by Gasteiger charge is -2.35. The zero-order chi connectivity index (χ0) is 20.9. The molecule has 2 heterocycles. The van der Waals surface area contributed by atoms with E-state index in [4.69, 9.17) is 4.74 Å². The number of aryl methyl sites for hydroxylation is 2. The van der Waals surface area contributed by atoms with Crippen molar-refractivity contribution in [3.8, 4) is 5.75 Å². The summed E-state index contributed by atoms with van der Waals surface area (Å²) in [5.41, 5.74) is 4.32. The lowest BCUT2D eigenvalue weighted by molar-refractivity contribution is 0.0628. The molecule has 1 aliphatic rings. The average Bonchev–Trinajstić information content (AvgIpc) is 3.19. The van der Waals surface area contributed by atoms with Crippen molar-refractivity contribution in [3.05, 3.63) is 81.3 Å². The van der Waals surface area contributed by atoms with E-state index in [0.29, 0.717) is 12.2 Å². The second kappa shape index (κ2) is 9.41. The maximum atomic E-state index is 12.9. The maximum absolute atomic E-state index is 12.9. The van der Waals surface area contributed by atoms with E-state index < -0.39 is 0 Å². The number of amides is 1. The molecule has 0 atom stereocenters. The summed E-state index contributed by atoms with van der Waals surface area (Å²) < 4.78 is 5.78. The Bertz CT molecular complexity index is 992. The summed E-state index contributed by atoms with van der Waals surface area (Å²) in [5.74, 6) is 0.840. The Balaban J connectivity index is 1.28. The van der Waals surface area contributed by atoms with Gasteiger partial charge in [0.1, 0.15) is 12.4 Å². The molecule has 4 rings (SSSR count). The Kier molecular flexibility index (Phi) is 6.45. The predicted octanol–water partition coefficient (Wildman–Crippen LogP) is 4.30. The first-order chi connectivity index (χ1) is 14.6. The molecule has 0 spiro atoms. The number of hydrogen-bond acceptors (Lipinski definition) is 5. The third-order valence-electron chi connectivity index (χ3n) is 5.47. The molecule has 0 unspecified atom stereocenters. The molecule has 0 N–H and O–H groups in total. The number of benzene rings is 2. The van der Waals surface area contributed by atoms with Crippen LogP contribution in [0.3, 0.4) is 0 Å². The van der Waals surface area contributed by atoms with Gasteiger partial charge in [-0.3, -0.25) is 9.69 Å². The first-order valence-electron chi connectivity index (χ1n) is 10.3. The quantitative estimate of drug-likeness (QED) is 0.595. The van der Waals surface area contributed by atoms with Crippen LogP contribution < -0.4 is 4.74 Å². The molecule has 1 aliphatic heterocycles. The van der Waals surface area contributed by atoms with Gasteiger partial charge in [0.05, 0.1) is 10.7 Å². The lowest BCUT2D eigenvalue weighted by Crippen LogP contribution is -2.48. The molecule has 1 aromatic heterocycles. The van der Waals surface area contributed by atoms with Crippen molar-refractivity contribution < 1.29 is 9.53 Å². The standard InChI is InChI=1S/C24H27N3O2S/c1-18-5-3-4-6-21(18)15-26-11-13-27(14-12-26)24(28)20-7-9-23(10-8-20)29-16-22-17-30-19(2)25-22/h3-10,17H,11-16H2,1-2H3. The van der Waals surface area contributed by atoms with Crippen molar-refractivity contribution in [2.45, 2.75) is 27.0 Å². The summed E-state index contributed by atoms with van der Waals surface area (Å²) in [6.07, 6.45) is 0. The van der Waals surface area contributed by atoms with E-state index in [1.807, 2.05) is 41.5 Å². The molecule has 6 heteroatoms. The number of carbonyl (C=O) groups excluding carboxylic acids is 1. The normalized spacial score (nSPS) is 14.7. The van der Waals surface area contributed by atoms with Gasteiger partial charge in [-0.05, 0) is 49.2 Å². The highest BCUT2D eigenvalue weighted by atomic mass is 32.1. The number of thiazole rings is 1. The van der Waals surface area contributed by atoms with Crippen molar-refractivity contribution in [1.29, 1.82) is 0 Å². The van der Waals surface area contributed by atoms with Gasteiger partial charge in [-0.1, -0.05) is 24.3 Å². The maximum Gasteiger partial charge on any atom is 0.253 e. The second-order valence-corrected chi connectivity index (χ2v) is 8.73. The fourth-order valence-corrected chi connectivity index (χ4v) is 4.24. The number of nitrogens with zero attached hydrogens (tertiary/aromatic N) is 3. The number of aromatic nitrogens is 1. The average molecular weight is 422 g/mol. The molecule has 2 aromatic carbocycles. The largest absolute Gasteiger partial charge is 0.487 e. The summed E-state index contributed by atoms with van der Waals surface area (Å²) in [5, 5.41) is 3.04. The Morgan fingerprint density at radius 1 is 1.03 bits per heavy atom. The predicted molar refractivity (Wildman–Crippen MR) is 120 cm³/mol. The van der Waals surface area contributed by atoms with E-state index in [2.05, 4.69) is 41.1 Å². The van der Waals surface area contributed by atoms with Gasteiger partial charge in [0.15, 0.2) is 0 Å². The third kappa shape index (κ3) is 5.07. The second-order valence-electron chi connectivity index (χ2n) is 7.67. The number of piperazine rings is 1. The molecule has 0 aliphatic carbocycles. The number of rotatable bonds is 6. The van der Waals surface area contributed by atoms with Crippen LogP contribution in [0, 0.1) is 13.8 Å².